The third-order valence-corrected chi connectivity index (χ3v) is 3.26. The molecule has 0 bridgehead atoms. The van der Waals surface area contributed by atoms with E-state index in [1.807, 2.05) is 24.4 Å². The van der Waals surface area contributed by atoms with Crippen molar-refractivity contribution >= 4 is 10.8 Å². The van der Waals surface area contributed by atoms with Crippen molar-refractivity contribution in [1.29, 1.82) is 0 Å². The van der Waals surface area contributed by atoms with E-state index in [9.17, 15) is 0 Å². The summed E-state index contributed by atoms with van der Waals surface area (Å²) in [5.74, 6) is 1.28. The van der Waals surface area contributed by atoms with Gasteiger partial charge in [-0.3, -0.25) is 10.1 Å². The van der Waals surface area contributed by atoms with Gasteiger partial charge in [-0.1, -0.05) is 13.8 Å². The van der Waals surface area contributed by atoms with Crippen LogP contribution in [-0.2, 0) is 6.61 Å². The van der Waals surface area contributed by atoms with Crippen molar-refractivity contribution in [2.24, 2.45) is 0 Å². The van der Waals surface area contributed by atoms with E-state index >= 15 is 0 Å². The van der Waals surface area contributed by atoms with Crippen molar-refractivity contribution in [2.45, 2.75) is 26.4 Å². The summed E-state index contributed by atoms with van der Waals surface area (Å²) in [4.78, 5) is 4.47. The summed E-state index contributed by atoms with van der Waals surface area (Å²) < 4.78 is 5.77. The molecule has 0 amide bonds. The number of pyridine rings is 1. The van der Waals surface area contributed by atoms with Crippen LogP contribution in [0.25, 0.3) is 10.8 Å². The Labute approximate surface area is 117 Å². The maximum atomic E-state index is 5.77. The minimum atomic E-state index is 0.425. The average molecular weight is 267 g/mol. The molecule has 4 nitrogen and oxygen atoms in total. The van der Waals surface area contributed by atoms with Gasteiger partial charge >= 0.3 is 0 Å². The van der Waals surface area contributed by atoms with Gasteiger partial charge in [0, 0.05) is 23.5 Å². The van der Waals surface area contributed by atoms with Crippen molar-refractivity contribution in [3.63, 3.8) is 0 Å². The molecule has 102 valence electrons. The zero-order valence-corrected chi connectivity index (χ0v) is 11.6. The van der Waals surface area contributed by atoms with Gasteiger partial charge in [0.25, 0.3) is 0 Å². The van der Waals surface area contributed by atoms with Crippen molar-refractivity contribution in [3.8, 4) is 5.75 Å². The first-order valence-electron chi connectivity index (χ1n) is 6.73. The van der Waals surface area contributed by atoms with E-state index in [1.165, 1.54) is 0 Å². The second kappa shape index (κ2) is 5.33. The van der Waals surface area contributed by atoms with Gasteiger partial charge < -0.3 is 4.74 Å². The van der Waals surface area contributed by atoms with Gasteiger partial charge in [0.1, 0.15) is 12.4 Å². The molecule has 3 aromatic rings. The van der Waals surface area contributed by atoms with Crippen LogP contribution < -0.4 is 4.74 Å². The van der Waals surface area contributed by atoms with E-state index in [4.69, 9.17) is 4.74 Å². The Bertz CT molecular complexity index is 705. The van der Waals surface area contributed by atoms with Gasteiger partial charge in [0.2, 0.25) is 0 Å². The van der Waals surface area contributed by atoms with Crippen LogP contribution in [0.1, 0.15) is 31.2 Å². The maximum Gasteiger partial charge on any atom is 0.130 e. The van der Waals surface area contributed by atoms with Gasteiger partial charge in [-0.05, 0) is 41.6 Å². The second-order valence-corrected chi connectivity index (χ2v) is 5.14. The van der Waals surface area contributed by atoms with Crippen molar-refractivity contribution in [2.75, 3.05) is 0 Å². The summed E-state index contributed by atoms with van der Waals surface area (Å²) in [5.41, 5.74) is 2.06. The number of benzene rings is 1. The molecule has 0 atom stereocenters. The Morgan fingerprint density at radius 3 is 2.80 bits per heavy atom. The van der Waals surface area contributed by atoms with Crippen molar-refractivity contribution < 1.29 is 4.74 Å². The summed E-state index contributed by atoms with van der Waals surface area (Å²) in [5, 5.41) is 9.07. The first-order chi connectivity index (χ1) is 9.72. The molecule has 2 aromatic heterocycles. The van der Waals surface area contributed by atoms with Gasteiger partial charge in [0.15, 0.2) is 0 Å². The first-order valence-corrected chi connectivity index (χ1v) is 6.73. The third-order valence-electron chi connectivity index (χ3n) is 3.26. The largest absolute Gasteiger partial charge is 0.487 e. The quantitative estimate of drug-likeness (QED) is 0.784. The zero-order chi connectivity index (χ0) is 13.9. The van der Waals surface area contributed by atoms with Gasteiger partial charge in [-0.15, -0.1) is 0 Å². The third kappa shape index (κ3) is 2.64. The predicted octanol–water partition coefficient (Wildman–Crippen LogP) is 3.66. The molecule has 2 heterocycles. The topological polar surface area (TPSA) is 50.8 Å². The molecule has 20 heavy (non-hydrogen) atoms. The van der Waals surface area contributed by atoms with Crippen LogP contribution in [-0.4, -0.2) is 15.2 Å². The molecule has 0 spiro atoms. The van der Waals surface area contributed by atoms with Crippen molar-refractivity contribution in [3.05, 3.63) is 54.1 Å². The number of fused-ring (bicyclic) bond motifs is 1. The Hall–Kier alpha value is -2.36. The van der Waals surface area contributed by atoms with E-state index in [2.05, 4.69) is 41.2 Å². The van der Waals surface area contributed by atoms with Crippen LogP contribution in [0.2, 0.25) is 0 Å². The maximum absolute atomic E-state index is 5.77. The van der Waals surface area contributed by atoms with Crippen LogP contribution in [0.5, 0.6) is 5.75 Å². The van der Waals surface area contributed by atoms with E-state index < -0.39 is 0 Å². The number of H-pyrrole nitrogens is 1. The Balaban J connectivity index is 1.85. The smallest absolute Gasteiger partial charge is 0.130 e. The number of aromatic nitrogens is 3. The highest BCUT2D eigenvalue weighted by Gasteiger charge is 2.04. The monoisotopic (exact) mass is 267 g/mol. The molecule has 0 aliphatic carbocycles. The van der Waals surface area contributed by atoms with Gasteiger partial charge in [0.05, 0.1) is 5.69 Å². The summed E-state index contributed by atoms with van der Waals surface area (Å²) in [6.45, 7) is 4.78. The van der Waals surface area contributed by atoms with Crippen LogP contribution in [0, 0.1) is 0 Å². The van der Waals surface area contributed by atoms with Gasteiger partial charge in [-0.2, -0.15) is 5.10 Å². The number of hydrogen-bond donors (Lipinski definition) is 1. The van der Waals surface area contributed by atoms with E-state index in [0.717, 1.165) is 27.9 Å². The van der Waals surface area contributed by atoms with E-state index in [-0.39, 0.29) is 0 Å². The highest BCUT2D eigenvalue weighted by Crippen LogP contribution is 2.23. The Morgan fingerprint density at radius 1 is 1.15 bits per heavy atom. The summed E-state index contributed by atoms with van der Waals surface area (Å²) >= 11 is 0. The van der Waals surface area contributed by atoms with Gasteiger partial charge in [-0.25, -0.2) is 0 Å². The molecular formula is C16H17N3O. The molecule has 0 saturated heterocycles. The number of ether oxygens (including phenoxy) is 1. The molecule has 0 unspecified atom stereocenters. The number of hydrogen-bond acceptors (Lipinski definition) is 3. The lowest BCUT2D eigenvalue weighted by Gasteiger charge is -2.08. The average Bonchev–Trinajstić information content (AvgIpc) is 2.97. The minimum Gasteiger partial charge on any atom is -0.487 e. The van der Waals surface area contributed by atoms with Crippen LogP contribution in [0.15, 0.2) is 42.7 Å². The highest BCUT2D eigenvalue weighted by molar-refractivity contribution is 5.83. The normalized spacial score (nSPS) is 11.2. The minimum absolute atomic E-state index is 0.425. The lowest BCUT2D eigenvalue weighted by Crippen LogP contribution is -1.96. The lowest BCUT2D eigenvalue weighted by atomic mass is 10.1. The fourth-order valence-corrected chi connectivity index (χ4v) is 2.07. The van der Waals surface area contributed by atoms with Crippen LogP contribution in [0.3, 0.4) is 0 Å². The standard InChI is InChI=1S/C16H17N3O/c1-11(2)16-8-13-7-15(4-3-12(13)9-17-16)20-10-14-5-6-18-19-14/h3-9,11H,10H2,1-2H3,(H,18,19). The molecule has 0 radical (unpaired) electrons. The molecule has 4 heteroatoms. The molecule has 0 fully saturated rings. The SMILES string of the molecule is CC(C)c1cc2cc(OCc3ccn[nH]3)ccc2cn1. The molecule has 1 N–H and O–H groups in total. The zero-order valence-electron chi connectivity index (χ0n) is 11.6. The van der Waals surface area contributed by atoms with Crippen LogP contribution in [0.4, 0.5) is 0 Å². The predicted molar refractivity (Wildman–Crippen MR) is 78.8 cm³/mol. The molecule has 1 aromatic carbocycles. The molecule has 0 aliphatic rings. The van der Waals surface area contributed by atoms with Crippen LogP contribution >= 0.6 is 0 Å². The second-order valence-electron chi connectivity index (χ2n) is 5.14. The summed E-state index contributed by atoms with van der Waals surface area (Å²) in [7, 11) is 0. The number of nitrogens with one attached hydrogen (secondary N) is 1. The number of nitrogens with zero attached hydrogens (tertiary/aromatic N) is 2. The van der Waals surface area contributed by atoms with Crippen molar-refractivity contribution in [1.82, 2.24) is 15.2 Å². The highest BCUT2D eigenvalue weighted by atomic mass is 16.5. The fourth-order valence-electron chi connectivity index (χ4n) is 2.07. The molecular weight excluding hydrogens is 250 g/mol. The fraction of sp³-hybridized carbons (Fsp3) is 0.250. The lowest BCUT2D eigenvalue weighted by molar-refractivity contribution is 0.301. The Kier molecular flexibility index (Phi) is 3.37. The first kappa shape index (κ1) is 12.7. The molecule has 3 rings (SSSR count). The Morgan fingerprint density at radius 2 is 2.05 bits per heavy atom. The molecule has 0 saturated carbocycles. The van der Waals surface area contributed by atoms with E-state index in [0.29, 0.717) is 12.5 Å². The molecule has 0 aliphatic heterocycles. The summed E-state index contributed by atoms with van der Waals surface area (Å²) in [6, 6.07) is 10.1. The number of aromatic amines is 1. The summed E-state index contributed by atoms with van der Waals surface area (Å²) in [6.07, 6.45) is 3.64. The van der Waals surface area contributed by atoms with E-state index in [1.54, 1.807) is 6.20 Å². The number of rotatable bonds is 4.